The van der Waals surface area contributed by atoms with E-state index in [1.807, 2.05) is 0 Å². The lowest BCUT2D eigenvalue weighted by molar-refractivity contribution is 0.101. The van der Waals surface area contributed by atoms with Crippen molar-refractivity contribution in [1.82, 2.24) is 29.4 Å². The van der Waals surface area contributed by atoms with Gasteiger partial charge in [-0.25, -0.2) is 9.50 Å². The van der Waals surface area contributed by atoms with Gasteiger partial charge in [0.1, 0.15) is 0 Å². The van der Waals surface area contributed by atoms with Crippen LogP contribution in [0.25, 0.3) is 5.78 Å². The molecule has 3 aromatic heterocycles. The number of anilines is 1. The third-order valence-corrected chi connectivity index (χ3v) is 4.30. The first-order chi connectivity index (χ1) is 12.6. The van der Waals surface area contributed by atoms with Gasteiger partial charge in [-0.1, -0.05) is 29.3 Å². The average Bonchev–Trinajstić information content (AvgIpc) is 3.25. The van der Waals surface area contributed by atoms with Gasteiger partial charge in [0.15, 0.2) is 0 Å². The fraction of sp³-hybridized carbons (Fsp3) is 0.0625. The van der Waals surface area contributed by atoms with Gasteiger partial charge in [0.05, 0.1) is 18.4 Å². The molecule has 26 heavy (non-hydrogen) atoms. The van der Waals surface area contributed by atoms with Gasteiger partial charge in [-0.15, -0.1) is 5.10 Å². The Balaban J connectivity index is 1.50. The van der Waals surface area contributed by atoms with Crippen LogP contribution in [0, 0.1) is 0 Å². The Morgan fingerprint density at radius 2 is 2.00 bits per heavy atom. The highest BCUT2D eigenvalue weighted by Gasteiger charge is 2.15. The molecule has 0 spiro atoms. The smallest absolute Gasteiger partial charge is 0.295 e. The Hall–Kier alpha value is -2.97. The van der Waals surface area contributed by atoms with Gasteiger partial charge in [-0.05, 0) is 18.2 Å². The van der Waals surface area contributed by atoms with E-state index in [1.54, 1.807) is 47.5 Å². The van der Waals surface area contributed by atoms with Crippen LogP contribution in [0.2, 0.25) is 10.0 Å². The number of nitrogens with zero attached hydrogens (tertiary/aromatic N) is 6. The second-order valence-corrected chi connectivity index (χ2v) is 6.19. The van der Waals surface area contributed by atoms with E-state index < -0.39 is 5.91 Å². The van der Waals surface area contributed by atoms with Crippen molar-refractivity contribution in [3.8, 4) is 0 Å². The molecule has 3 heterocycles. The Labute approximate surface area is 157 Å². The monoisotopic (exact) mass is 387 g/mol. The molecule has 0 fully saturated rings. The van der Waals surface area contributed by atoms with Crippen LogP contribution < -0.4 is 5.32 Å². The summed E-state index contributed by atoms with van der Waals surface area (Å²) < 4.78 is 3.05. The lowest BCUT2D eigenvalue weighted by Crippen LogP contribution is -2.13. The number of benzene rings is 1. The molecule has 0 saturated carbocycles. The van der Waals surface area contributed by atoms with Gasteiger partial charge in [-0.3, -0.25) is 9.48 Å². The van der Waals surface area contributed by atoms with E-state index in [2.05, 4.69) is 25.5 Å². The van der Waals surface area contributed by atoms with Crippen LogP contribution in [-0.4, -0.2) is 35.3 Å². The topological polar surface area (TPSA) is 90.0 Å². The molecule has 10 heteroatoms. The van der Waals surface area contributed by atoms with Gasteiger partial charge in [-0.2, -0.15) is 10.1 Å². The number of rotatable bonds is 4. The highest BCUT2D eigenvalue weighted by Crippen LogP contribution is 2.25. The first-order valence-electron chi connectivity index (χ1n) is 7.54. The Kier molecular flexibility index (Phi) is 4.27. The van der Waals surface area contributed by atoms with Crippen LogP contribution in [0.4, 0.5) is 5.69 Å². The molecule has 0 saturated heterocycles. The quantitative estimate of drug-likeness (QED) is 0.581. The summed E-state index contributed by atoms with van der Waals surface area (Å²) >= 11 is 12.3. The van der Waals surface area contributed by atoms with Crippen LogP contribution in [0.3, 0.4) is 0 Å². The minimum atomic E-state index is -0.453. The second-order valence-electron chi connectivity index (χ2n) is 5.38. The van der Waals surface area contributed by atoms with Gasteiger partial charge in [0.25, 0.3) is 11.7 Å². The number of halogens is 2. The standard InChI is InChI=1S/C16H11Cl2N7O/c17-12-3-1-4-13(18)11(12)9-24-8-10(7-20-24)21-15(26)14-22-16-19-5-2-6-25(16)23-14/h1-8H,9H2,(H,21,26). The van der Waals surface area contributed by atoms with Gasteiger partial charge < -0.3 is 5.32 Å². The summed E-state index contributed by atoms with van der Waals surface area (Å²) in [6.07, 6.45) is 6.44. The maximum atomic E-state index is 12.3. The van der Waals surface area contributed by atoms with Crippen molar-refractivity contribution < 1.29 is 4.79 Å². The number of nitrogens with one attached hydrogen (secondary N) is 1. The number of hydrogen-bond acceptors (Lipinski definition) is 5. The molecule has 1 aromatic carbocycles. The van der Waals surface area contributed by atoms with E-state index in [1.165, 1.54) is 10.7 Å². The average molecular weight is 388 g/mol. The number of carbonyl (C=O) groups excluding carboxylic acids is 1. The SMILES string of the molecule is O=C(Nc1cnn(Cc2c(Cl)cccc2Cl)c1)c1nc2ncccn2n1. The lowest BCUT2D eigenvalue weighted by Gasteiger charge is -2.06. The van der Waals surface area contributed by atoms with Crippen LogP contribution in [0.15, 0.2) is 49.1 Å². The van der Waals surface area contributed by atoms with E-state index in [-0.39, 0.29) is 5.82 Å². The van der Waals surface area contributed by atoms with Crippen LogP contribution >= 0.6 is 23.2 Å². The molecule has 8 nitrogen and oxygen atoms in total. The number of fused-ring (bicyclic) bond motifs is 1. The molecule has 0 aliphatic heterocycles. The summed E-state index contributed by atoms with van der Waals surface area (Å²) in [5, 5.41) is 12.1. The molecule has 4 rings (SSSR count). The fourth-order valence-electron chi connectivity index (χ4n) is 2.38. The summed E-state index contributed by atoms with van der Waals surface area (Å²) in [6, 6.07) is 7.00. The highest BCUT2D eigenvalue weighted by molar-refractivity contribution is 6.35. The van der Waals surface area contributed by atoms with Crippen molar-refractivity contribution in [2.75, 3.05) is 5.32 Å². The molecule has 130 valence electrons. The Morgan fingerprint density at radius 1 is 1.19 bits per heavy atom. The molecule has 0 unspecified atom stereocenters. The maximum Gasteiger partial charge on any atom is 0.295 e. The normalized spacial score (nSPS) is 11.0. The minimum absolute atomic E-state index is 0.0191. The summed E-state index contributed by atoms with van der Waals surface area (Å²) in [7, 11) is 0. The van der Waals surface area contributed by atoms with Crippen molar-refractivity contribution in [3.05, 3.63) is 70.5 Å². The number of carbonyl (C=O) groups is 1. The molecule has 0 radical (unpaired) electrons. The molecular formula is C16H11Cl2N7O. The zero-order valence-electron chi connectivity index (χ0n) is 13.2. The molecule has 0 bridgehead atoms. The van der Waals surface area contributed by atoms with Crippen LogP contribution in [0.1, 0.15) is 16.2 Å². The fourth-order valence-corrected chi connectivity index (χ4v) is 2.89. The van der Waals surface area contributed by atoms with Gasteiger partial charge in [0, 0.05) is 34.2 Å². The lowest BCUT2D eigenvalue weighted by atomic mass is 10.2. The van der Waals surface area contributed by atoms with E-state index in [0.717, 1.165) is 5.56 Å². The molecular weight excluding hydrogens is 377 g/mol. The molecule has 0 atom stereocenters. The maximum absolute atomic E-state index is 12.3. The van der Waals surface area contributed by atoms with Crippen molar-refractivity contribution >= 4 is 40.6 Å². The number of aromatic nitrogens is 6. The zero-order valence-corrected chi connectivity index (χ0v) is 14.7. The van der Waals surface area contributed by atoms with Crippen molar-refractivity contribution in [2.24, 2.45) is 0 Å². The third kappa shape index (κ3) is 3.24. The zero-order chi connectivity index (χ0) is 18.1. The largest absolute Gasteiger partial charge is 0.316 e. The van der Waals surface area contributed by atoms with E-state index in [4.69, 9.17) is 23.2 Å². The summed E-state index contributed by atoms with van der Waals surface area (Å²) in [5.74, 6) is -0.0851. The van der Waals surface area contributed by atoms with E-state index >= 15 is 0 Å². The number of amides is 1. The Morgan fingerprint density at radius 3 is 2.77 bits per heavy atom. The number of hydrogen-bond donors (Lipinski definition) is 1. The van der Waals surface area contributed by atoms with Crippen molar-refractivity contribution in [2.45, 2.75) is 6.54 Å². The van der Waals surface area contributed by atoms with Crippen LogP contribution in [0.5, 0.6) is 0 Å². The highest BCUT2D eigenvalue weighted by atomic mass is 35.5. The van der Waals surface area contributed by atoms with Crippen molar-refractivity contribution in [3.63, 3.8) is 0 Å². The molecule has 1 amide bonds. The molecule has 1 N–H and O–H groups in total. The third-order valence-electron chi connectivity index (χ3n) is 3.59. The predicted octanol–water partition coefficient (Wildman–Crippen LogP) is 2.93. The Bertz CT molecular complexity index is 1050. The minimum Gasteiger partial charge on any atom is -0.316 e. The summed E-state index contributed by atoms with van der Waals surface area (Å²) in [5.41, 5.74) is 1.26. The first kappa shape index (κ1) is 16.5. The van der Waals surface area contributed by atoms with Gasteiger partial charge in [0.2, 0.25) is 5.82 Å². The second kappa shape index (κ2) is 6.74. The van der Waals surface area contributed by atoms with E-state index in [9.17, 15) is 4.79 Å². The molecule has 0 aliphatic rings. The van der Waals surface area contributed by atoms with E-state index in [0.29, 0.717) is 28.1 Å². The molecule has 0 aliphatic carbocycles. The summed E-state index contributed by atoms with van der Waals surface area (Å²) in [4.78, 5) is 20.4. The van der Waals surface area contributed by atoms with Gasteiger partial charge >= 0.3 is 0 Å². The van der Waals surface area contributed by atoms with Crippen molar-refractivity contribution in [1.29, 1.82) is 0 Å². The molecule has 4 aromatic rings. The predicted molar refractivity (Wildman–Crippen MR) is 96.5 cm³/mol. The first-order valence-corrected chi connectivity index (χ1v) is 8.30. The summed E-state index contributed by atoms with van der Waals surface area (Å²) in [6.45, 7) is 0.380. The van der Waals surface area contributed by atoms with Crippen LogP contribution in [-0.2, 0) is 6.54 Å².